The Hall–Kier alpha value is -1.93. The van der Waals surface area contributed by atoms with Gasteiger partial charge in [0.05, 0.1) is 12.9 Å². The van der Waals surface area contributed by atoms with Gasteiger partial charge < -0.3 is 9.30 Å². The summed E-state index contributed by atoms with van der Waals surface area (Å²) in [5.41, 5.74) is 0.823. The minimum Gasteiger partial charge on any atom is -0.481 e. The average molecular weight is 296 g/mol. The van der Waals surface area contributed by atoms with Gasteiger partial charge in [-0.2, -0.15) is 0 Å². The van der Waals surface area contributed by atoms with E-state index in [0.717, 1.165) is 5.56 Å². The van der Waals surface area contributed by atoms with E-state index in [1.165, 1.54) is 14.2 Å². The predicted molar refractivity (Wildman–Crippen MR) is 74.9 cm³/mol. The maximum atomic E-state index is 11.5. The van der Waals surface area contributed by atoms with Gasteiger partial charge in [-0.25, -0.2) is 23.1 Å². The highest BCUT2D eigenvalue weighted by molar-refractivity contribution is 7.89. The monoisotopic (exact) mass is 296 g/mol. The molecule has 0 aliphatic heterocycles. The molecule has 0 bridgehead atoms. The van der Waals surface area contributed by atoms with Crippen molar-refractivity contribution in [2.75, 3.05) is 19.9 Å². The van der Waals surface area contributed by atoms with Crippen LogP contribution in [0.2, 0.25) is 0 Å². The number of aromatic nitrogens is 3. The number of rotatable bonds is 6. The van der Waals surface area contributed by atoms with Gasteiger partial charge in [-0.05, 0) is 13.1 Å². The summed E-state index contributed by atoms with van der Waals surface area (Å²) in [5, 5.41) is 0. The third-order valence-corrected chi connectivity index (χ3v) is 4.17. The Balaban J connectivity index is 2.24. The van der Waals surface area contributed by atoms with Crippen molar-refractivity contribution in [3.63, 3.8) is 0 Å². The van der Waals surface area contributed by atoms with Crippen LogP contribution in [0.25, 0.3) is 11.4 Å². The molecule has 0 unspecified atom stereocenters. The third-order valence-electron chi connectivity index (χ3n) is 2.83. The molecule has 20 heavy (non-hydrogen) atoms. The van der Waals surface area contributed by atoms with Crippen LogP contribution in [-0.2, 0) is 16.6 Å². The second kappa shape index (κ2) is 6.02. The lowest BCUT2D eigenvalue weighted by atomic mass is 10.2. The molecule has 0 saturated carbocycles. The second-order valence-corrected chi connectivity index (χ2v) is 6.10. The lowest BCUT2D eigenvalue weighted by Gasteiger charge is -2.08. The number of nitrogens with zero attached hydrogens (tertiary/aromatic N) is 3. The summed E-state index contributed by atoms with van der Waals surface area (Å²) < 4.78 is 32.1. The number of ether oxygens (including phenoxy) is 1. The van der Waals surface area contributed by atoms with Gasteiger partial charge in [0, 0.05) is 36.8 Å². The number of methoxy groups -OCH3 is 1. The fourth-order valence-electron chi connectivity index (χ4n) is 1.73. The standard InChI is InChI=1S/C12H16N4O3S/c1-13-20(17,18)8-7-16-6-5-15-12(16)10-3-4-14-11(9-10)19-2/h3-6,9,13H,7-8H2,1-2H3. The number of imidazole rings is 1. The number of nitrogens with one attached hydrogen (secondary N) is 1. The molecule has 0 atom stereocenters. The lowest BCUT2D eigenvalue weighted by molar-refractivity contribution is 0.398. The topological polar surface area (TPSA) is 86.1 Å². The number of pyridine rings is 1. The van der Waals surface area contributed by atoms with Crippen molar-refractivity contribution in [3.05, 3.63) is 30.7 Å². The van der Waals surface area contributed by atoms with Crippen LogP contribution in [0.1, 0.15) is 0 Å². The first kappa shape index (κ1) is 14.5. The van der Waals surface area contributed by atoms with Gasteiger partial charge in [0.25, 0.3) is 0 Å². The van der Waals surface area contributed by atoms with Gasteiger partial charge in [-0.1, -0.05) is 0 Å². The first-order valence-corrected chi connectivity index (χ1v) is 7.64. The fourth-order valence-corrected chi connectivity index (χ4v) is 2.37. The zero-order valence-electron chi connectivity index (χ0n) is 11.3. The number of aryl methyl sites for hydroxylation is 1. The Morgan fingerprint density at radius 1 is 1.35 bits per heavy atom. The first-order chi connectivity index (χ1) is 9.55. The summed E-state index contributed by atoms with van der Waals surface area (Å²) >= 11 is 0. The van der Waals surface area contributed by atoms with E-state index < -0.39 is 10.0 Å². The molecule has 0 aliphatic carbocycles. The van der Waals surface area contributed by atoms with Crippen molar-refractivity contribution in [3.8, 4) is 17.3 Å². The Kier molecular flexibility index (Phi) is 4.35. The number of hydrogen-bond acceptors (Lipinski definition) is 5. The quantitative estimate of drug-likeness (QED) is 0.839. The average Bonchev–Trinajstić information content (AvgIpc) is 2.94. The largest absolute Gasteiger partial charge is 0.481 e. The molecule has 0 aliphatic rings. The van der Waals surface area contributed by atoms with E-state index in [1.54, 1.807) is 35.3 Å². The molecule has 2 aromatic heterocycles. The van der Waals surface area contributed by atoms with Crippen molar-refractivity contribution in [1.29, 1.82) is 0 Å². The zero-order chi connectivity index (χ0) is 14.6. The Labute approximate surface area is 117 Å². The van der Waals surface area contributed by atoms with Crippen molar-refractivity contribution in [2.24, 2.45) is 0 Å². The normalized spacial score (nSPS) is 11.5. The minimum atomic E-state index is -3.24. The summed E-state index contributed by atoms with van der Waals surface area (Å²) in [6.07, 6.45) is 5.00. The molecular formula is C12H16N4O3S. The maximum absolute atomic E-state index is 11.5. The highest BCUT2D eigenvalue weighted by Crippen LogP contribution is 2.20. The van der Waals surface area contributed by atoms with Gasteiger partial charge in [0.2, 0.25) is 15.9 Å². The molecule has 0 aromatic carbocycles. The lowest BCUT2D eigenvalue weighted by Crippen LogP contribution is -2.24. The molecule has 2 heterocycles. The van der Waals surface area contributed by atoms with Crippen molar-refractivity contribution in [2.45, 2.75) is 6.54 Å². The Morgan fingerprint density at radius 2 is 2.15 bits per heavy atom. The SMILES string of the molecule is CNS(=O)(=O)CCn1ccnc1-c1ccnc(OC)c1. The van der Waals surface area contributed by atoms with Crippen LogP contribution >= 0.6 is 0 Å². The van der Waals surface area contributed by atoms with Crippen LogP contribution in [0.3, 0.4) is 0 Å². The van der Waals surface area contributed by atoms with Crippen LogP contribution in [0, 0.1) is 0 Å². The van der Waals surface area contributed by atoms with E-state index in [2.05, 4.69) is 14.7 Å². The van der Waals surface area contributed by atoms with E-state index in [1.807, 2.05) is 0 Å². The fraction of sp³-hybridized carbons (Fsp3) is 0.333. The van der Waals surface area contributed by atoms with E-state index >= 15 is 0 Å². The van der Waals surface area contributed by atoms with E-state index in [-0.39, 0.29) is 5.75 Å². The van der Waals surface area contributed by atoms with Crippen molar-refractivity contribution < 1.29 is 13.2 Å². The third kappa shape index (κ3) is 3.34. The molecule has 7 nitrogen and oxygen atoms in total. The molecule has 0 fully saturated rings. The molecule has 0 saturated heterocycles. The number of sulfonamides is 1. The second-order valence-electron chi connectivity index (χ2n) is 4.05. The molecule has 2 rings (SSSR count). The first-order valence-electron chi connectivity index (χ1n) is 5.98. The summed E-state index contributed by atoms with van der Waals surface area (Å²) in [6.45, 7) is 0.323. The summed E-state index contributed by atoms with van der Waals surface area (Å²) in [4.78, 5) is 8.28. The van der Waals surface area contributed by atoms with Gasteiger partial charge in [0.15, 0.2) is 0 Å². The molecule has 8 heteroatoms. The van der Waals surface area contributed by atoms with Gasteiger partial charge in [-0.15, -0.1) is 0 Å². The highest BCUT2D eigenvalue weighted by Gasteiger charge is 2.11. The van der Waals surface area contributed by atoms with Crippen LogP contribution in [0.4, 0.5) is 0 Å². The summed E-state index contributed by atoms with van der Waals surface area (Å²) in [5.74, 6) is 1.16. The molecule has 0 spiro atoms. The smallest absolute Gasteiger partial charge is 0.213 e. The molecule has 2 aromatic rings. The number of hydrogen-bond donors (Lipinski definition) is 1. The molecule has 1 N–H and O–H groups in total. The van der Waals surface area contributed by atoms with Gasteiger partial charge in [0.1, 0.15) is 5.82 Å². The highest BCUT2D eigenvalue weighted by atomic mass is 32.2. The Bertz CT molecular complexity index is 682. The van der Waals surface area contributed by atoms with E-state index in [0.29, 0.717) is 18.2 Å². The Morgan fingerprint density at radius 3 is 2.85 bits per heavy atom. The molecular weight excluding hydrogens is 280 g/mol. The minimum absolute atomic E-state index is 0.00488. The van der Waals surface area contributed by atoms with Crippen LogP contribution < -0.4 is 9.46 Å². The van der Waals surface area contributed by atoms with Gasteiger partial charge in [-0.3, -0.25) is 0 Å². The predicted octanol–water partition coefficient (Wildman–Crippen LogP) is 0.503. The molecule has 0 radical (unpaired) electrons. The maximum Gasteiger partial charge on any atom is 0.213 e. The van der Waals surface area contributed by atoms with Crippen molar-refractivity contribution >= 4 is 10.0 Å². The van der Waals surface area contributed by atoms with Gasteiger partial charge >= 0.3 is 0 Å². The van der Waals surface area contributed by atoms with E-state index in [4.69, 9.17) is 4.74 Å². The van der Waals surface area contributed by atoms with Crippen LogP contribution in [-0.4, -0.2) is 42.9 Å². The molecule has 0 amide bonds. The summed E-state index contributed by atoms with van der Waals surface area (Å²) in [6, 6.07) is 3.55. The van der Waals surface area contributed by atoms with Crippen molar-refractivity contribution in [1.82, 2.24) is 19.3 Å². The van der Waals surface area contributed by atoms with Crippen LogP contribution in [0.5, 0.6) is 5.88 Å². The summed E-state index contributed by atoms with van der Waals surface area (Å²) in [7, 11) is -0.303. The van der Waals surface area contributed by atoms with Crippen LogP contribution in [0.15, 0.2) is 30.7 Å². The van der Waals surface area contributed by atoms with E-state index in [9.17, 15) is 8.42 Å². The molecule has 108 valence electrons. The zero-order valence-corrected chi connectivity index (χ0v) is 12.1.